The van der Waals surface area contributed by atoms with Gasteiger partial charge in [-0.05, 0) is 23.6 Å². The van der Waals surface area contributed by atoms with Gasteiger partial charge in [-0.15, -0.1) is 11.3 Å². The summed E-state index contributed by atoms with van der Waals surface area (Å²) in [7, 11) is 0. The third-order valence-corrected chi connectivity index (χ3v) is 7.26. The quantitative estimate of drug-likeness (QED) is 0.547. The minimum Gasteiger partial charge on any atom is -0.454 e. The zero-order valence-corrected chi connectivity index (χ0v) is 19.2. The van der Waals surface area contributed by atoms with E-state index < -0.39 is 0 Å². The van der Waals surface area contributed by atoms with Gasteiger partial charge in [-0.1, -0.05) is 11.2 Å². The lowest BCUT2D eigenvalue weighted by Gasteiger charge is -2.35. The Bertz CT molecular complexity index is 1200. The third-order valence-electron chi connectivity index (χ3n) is 6.39. The summed E-state index contributed by atoms with van der Waals surface area (Å²) in [6.45, 7) is 3.77. The molecule has 5 heterocycles. The summed E-state index contributed by atoms with van der Waals surface area (Å²) < 4.78 is 16.2. The topological polar surface area (TPSA) is 101 Å². The Morgan fingerprint density at radius 2 is 1.97 bits per heavy atom. The Morgan fingerprint density at radius 3 is 2.79 bits per heavy atom. The predicted octanol–water partition coefficient (Wildman–Crippen LogP) is 2.22. The molecule has 2 saturated heterocycles. The first kappa shape index (κ1) is 21.1. The molecule has 0 radical (unpaired) electrons. The van der Waals surface area contributed by atoms with E-state index in [1.54, 1.807) is 28.4 Å². The molecule has 0 aliphatic carbocycles. The second kappa shape index (κ2) is 8.73. The van der Waals surface area contributed by atoms with E-state index in [0.29, 0.717) is 49.4 Å². The minimum atomic E-state index is -0.339. The zero-order valence-electron chi connectivity index (χ0n) is 18.4. The maximum absolute atomic E-state index is 13.2. The van der Waals surface area contributed by atoms with Crippen LogP contribution in [0.1, 0.15) is 12.3 Å². The molecule has 0 spiro atoms. The Hall–Kier alpha value is -3.44. The summed E-state index contributed by atoms with van der Waals surface area (Å²) in [5.41, 5.74) is 0.732. The molecule has 1 atom stereocenters. The van der Waals surface area contributed by atoms with Crippen LogP contribution in [0.25, 0.3) is 10.7 Å². The van der Waals surface area contributed by atoms with Crippen LogP contribution in [0.2, 0.25) is 0 Å². The van der Waals surface area contributed by atoms with Gasteiger partial charge < -0.3 is 23.8 Å². The molecule has 10 nitrogen and oxygen atoms in total. The smallest absolute Gasteiger partial charge is 0.241 e. The molecule has 3 aromatic rings. The molecule has 3 aliphatic heterocycles. The SMILES string of the molecule is O=C(C1CC(=O)N(c2ccc3c(c2)OCO3)C1)N1CCN(Cc2nc(-c3cccs3)no2)CC1. The van der Waals surface area contributed by atoms with E-state index >= 15 is 0 Å². The molecule has 3 aliphatic rings. The van der Waals surface area contributed by atoms with Crippen molar-refractivity contribution in [2.75, 3.05) is 44.4 Å². The highest BCUT2D eigenvalue weighted by Gasteiger charge is 2.38. The van der Waals surface area contributed by atoms with Gasteiger partial charge in [0.1, 0.15) is 0 Å². The van der Waals surface area contributed by atoms with Crippen molar-refractivity contribution in [1.82, 2.24) is 19.9 Å². The molecule has 34 heavy (non-hydrogen) atoms. The van der Waals surface area contributed by atoms with E-state index in [1.165, 1.54) is 0 Å². The monoisotopic (exact) mass is 481 g/mol. The number of ether oxygens (including phenoxy) is 2. The lowest BCUT2D eigenvalue weighted by Crippen LogP contribution is -2.50. The fourth-order valence-electron chi connectivity index (χ4n) is 4.58. The van der Waals surface area contributed by atoms with E-state index in [9.17, 15) is 9.59 Å². The average molecular weight is 482 g/mol. The number of thiophene rings is 1. The van der Waals surface area contributed by atoms with Crippen molar-refractivity contribution < 1.29 is 23.6 Å². The number of rotatable bonds is 5. The number of nitrogens with zero attached hydrogens (tertiary/aromatic N) is 5. The summed E-state index contributed by atoms with van der Waals surface area (Å²) in [6, 6.07) is 9.35. The van der Waals surface area contributed by atoms with Crippen molar-refractivity contribution in [3.63, 3.8) is 0 Å². The first-order valence-corrected chi connectivity index (χ1v) is 12.1. The summed E-state index contributed by atoms with van der Waals surface area (Å²) >= 11 is 1.57. The predicted molar refractivity (Wildman–Crippen MR) is 122 cm³/mol. The highest BCUT2D eigenvalue weighted by Crippen LogP contribution is 2.37. The van der Waals surface area contributed by atoms with Crippen LogP contribution in [-0.4, -0.2) is 71.3 Å². The van der Waals surface area contributed by atoms with Crippen LogP contribution in [0.15, 0.2) is 40.2 Å². The number of carbonyl (C=O) groups excluding carboxylic acids is 2. The first-order valence-electron chi connectivity index (χ1n) is 11.2. The molecular formula is C23H23N5O5S. The van der Waals surface area contributed by atoms with E-state index in [0.717, 1.165) is 23.7 Å². The zero-order chi connectivity index (χ0) is 23.1. The van der Waals surface area contributed by atoms with Gasteiger partial charge in [0.05, 0.1) is 17.3 Å². The molecule has 1 aromatic carbocycles. The summed E-state index contributed by atoms with van der Waals surface area (Å²) in [5, 5.41) is 6.04. The third kappa shape index (κ3) is 4.01. The molecule has 0 bridgehead atoms. The number of anilines is 1. The Labute approximate surface area is 199 Å². The van der Waals surface area contributed by atoms with Gasteiger partial charge in [-0.3, -0.25) is 14.5 Å². The van der Waals surface area contributed by atoms with Crippen LogP contribution in [-0.2, 0) is 16.1 Å². The molecule has 0 N–H and O–H groups in total. The van der Waals surface area contributed by atoms with Crippen molar-refractivity contribution in [3.05, 3.63) is 41.6 Å². The van der Waals surface area contributed by atoms with E-state index in [-0.39, 0.29) is 30.9 Å². The fraction of sp³-hybridized carbons (Fsp3) is 0.391. The maximum Gasteiger partial charge on any atom is 0.241 e. The van der Waals surface area contributed by atoms with Gasteiger partial charge in [0.15, 0.2) is 11.5 Å². The normalized spacial score (nSPS) is 20.4. The second-order valence-electron chi connectivity index (χ2n) is 8.53. The van der Waals surface area contributed by atoms with Gasteiger partial charge >= 0.3 is 0 Å². The molecular weight excluding hydrogens is 458 g/mol. The fourth-order valence-corrected chi connectivity index (χ4v) is 5.23. The Morgan fingerprint density at radius 1 is 1.12 bits per heavy atom. The number of carbonyl (C=O) groups is 2. The highest BCUT2D eigenvalue weighted by molar-refractivity contribution is 7.13. The van der Waals surface area contributed by atoms with E-state index in [4.69, 9.17) is 14.0 Å². The summed E-state index contributed by atoms with van der Waals surface area (Å²) in [4.78, 5) is 37.0. The first-order chi connectivity index (χ1) is 16.6. The van der Waals surface area contributed by atoms with E-state index in [1.807, 2.05) is 28.5 Å². The lowest BCUT2D eigenvalue weighted by atomic mass is 10.1. The van der Waals surface area contributed by atoms with Crippen molar-refractivity contribution in [1.29, 1.82) is 0 Å². The number of amides is 2. The van der Waals surface area contributed by atoms with Gasteiger partial charge in [0.25, 0.3) is 0 Å². The largest absolute Gasteiger partial charge is 0.454 e. The minimum absolute atomic E-state index is 0.0361. The van der Waals surface area contributed by atoms with Crippen molar-refractivity contribution in [2.24, 2.45) is 5.92 Å². The number of fused-ring (bicyclic) bond motifs is 1. The number of aromatic nitrogens is 2. The molecule has 2 aromatic heterocycles. The summed E-state index contributed by atoms with van der Waals surface area (Å²) in [5.74, 6) is 2.13. The van der Waals surface area contributed by atoms with Gasteiger partial charge in [0, 0.05) is 50.9 Å². The van der Waals surface area contributed by atoms with Crippen LogP contribution in [0, 0.1) is 5.92 Å². The standard InChI is InChI=1S/C23H23N5O5S/c29-21-10-15(12-28(21)16-3-4-17-18(11-16)32-14-31-17)23(30)27-7-5-26(6-8-27)13-20-24-22(25-33-20)19-2-1-9-34-19/h1-4,9,11,15H,5-8,10,12-14H2. The van der Waals surface area contributed by atoms with E-state index in [2.05, 4.69) is 15.0 Å². The molecule has 6 rings (SSSR count). The van der Waals surface area contributed by atoms with Crippen molar-refractivity contribution in [2.45, 2.75) is 13.0 Å². The molecule has 2 amide bonds. The van der Waals surface area contributed by atoms with Crippen molar-refractivity contribution >= 4 is 28.8 Å². The van der Waals surface area contributed by atoms with Gasteiger partial charge in [0.2, 0.25) is 30.3 Å². The molecule has 1 unspecified atom stereocenters. The van der Waals surface area contributed by atoms with Crippen molar-refractivity contribution in [3.8, 4) is 22.2 Å². The number of hydrogen-bond acceptors (Lipinski definition) is 9. The van der Waals surface area contributed by atoms with Gasteiger partial charge in [-0.25, -0.2) is 0 Å². The van der Waals surface area contributed by atoms with Crippen LogP contribution in [0.4, 0.5) is 5.69 Å². The van der Waals surface area contributed by atoms with Crippen LogP contribution in [0.5, 0.6) is 11.5 Å². The highest BCUT2D eigenvalue weighted by atomic mass is 32.1. The average Bonchev–Trinajstić information content (AvgIpc) is 3.65. The number of piperazine rings is 1. The summed E-state index contributed by atoms with van der Waals surface area (Å²) in [6.07, 6.45) is 0.223. The molecule has 11 heteroatoms. The number of hydrogen-bond donors (Lipinski definition) is 0. The second-order valence-corrected chi connectivity index (χ2v) is 9.48. The van der Waals surface area contributed by atoms with Crippen LogP contribution in [0.3, 0.4) is 0 Å². The van der Waals surface area contributed by atoms with Gasteiger partial charge in [-0.2, -0.15) is 4.98 Å². The lowest BCUT2D eigenvalue weighted by molar-refractivity contribution is -0.137. The Kier molecular flexibility index (Phi) is 5.42. The number of benzene rings is 1. The van der Waals surface area contributed by atoms with Crippen LogP contribution < -0.4 is 14.4 Å². The Balaban J connectivity index is 1.03. The van der Waals surface area contributed by atoms with Crippen LogP contribution >= 0.6 is 11.3 Å². The maximum atomic E-state index is 13.2. The molecule has 176 valence electrons. The molecule has 0 saturated carbocycles. The molecule has 2 fully saturated rings.